The maximum Gasteiger partial charge on any atom is 0.230 e. The van der Waals surface area contributed by atoms with Crippen molar-refractivity contribution in [3.8, 4) is 5.75 Å². The van der Waals surface area contributed by atoms with Crippen LogP contribution >= 0.6 is 11.8 Å². The molecule has 0 spiro atoms. The number of amides is 1. The number of nitrogens with one attached hydrogen (secondary N) is 1. The van der Waals surface area contributed by atoms with Crippen molar-refractivity contribution in [2.75, 3.05) is 5.75 Å². The van der Waals surface area contributed by atoms with Crippen LogP contribution in [0.25, 0.3) is 0 Å². The molecular formula is C25H31FN4O2S. The third kappa shape index (κ3) is 6.81. The van der Waals surface area contributed by atoms with Crippen molar-refractivity contribution >= 4 is 17.7 Å². The molecule has 1 aromatic heterocycles. The van der Waals surface area contributed by atoms with E-state index in [4.69, 9.17) is 4.74 Å². The highest BCUT2D eigenvalue weighted by Gasteiger charge is 2.22. The highest BCUT2D eigenvalue weighted by atomic mass is 32.2. The van der Waals surface area contributed by atoms with E-state index in [2.05, 4.69) is 55.3 Å². The number of nitrogens with zero attached hydrogens (tertiary/aromatic N) is 3. The second-order valence-corrected chi connectivity index (χ2v) is 9.42. The molecule has 1 N–H and O–H groups in total. The van der Waals surface area contributed by atoms with Gasteiger partial charge in [-0.2, -0.15) is 0 Å². The minimum atomic E-state index is -0.300. The lowest BCUT2D eigenvalue weighted by atomic mass is 10.0. The number of halogens is 1. The van der Waals surface area contributed by atoms with Crippen molar-refractivity contribution in [3.63, 3.8) is 0 Å². The van der Waals surface area contributed by atoms with Gasteiger partial charge in [0.15, 0.2) is 17.1 Å². The summed E-state index contributed by atoms with van der Waals surface area (Å²) in [5.74, 6) is 1.74. The smallest absolute Gasteiger partial charge is 0.230 e. The molecule has 0 saturated carbocycles. The zero-order chi connectivity index (χ0) is 24.0. The maximum atomic E-state index is 13.0. The number of aromatic nitrogens is 3. The largest absolute Gasteiger partial charge is 0.483 e. The van der Waals surface area contributed by atoms with E-state index in [1.807, 2.05) is 23.6 Å². The van der Waals surface area contributed by atoms with Gasteiger partial charge in [0.1, 0.15) is 11.6 Å². The molecule has 0 bridgehead atoms. The topological polar surface area (TPSA) is 69.0 Å². The first-order valence-corrected chi connectivity index (χ1v) is 12.1. The Hall–Kier alpha value is -2.87. The fourth-order valence-electron chi connectivity index (χ4n) is 3.32. The van der Waals surface area contributed by atoms with Gasteiger partial charge in [-0.3, -0.25) is 4.79 Å². The minimum absolute atomic E-state index is 0.106. The first-order chi connectivity index (χ1) is 15.7. The first-order valence-electron chi connectivity index (χ1n) is 11.1. The monoisotopic (exact) mass is 470 g/mol. The zero-order valence-corrected chi connectivity index (χ0v) is 20.5. The van der Waals surface area contributed by atoms with Crippen LogP contribution in [-0.2, 0) is 11.3 Å². The molecule has 0 aliphatic heterocycles. The molecule has 1 atom stereocenters. The van der Waals surface area contributed by atoms with Gasteiger partial charge in [-0.05, 0) is 62.1 Å². The molecule has 1 unspecified atom stereocenters. The van der Waals surface area contributed by atoms with Gasteiger partial charge in [-0.15, -0.1) is 10.2 Å². The summed E-state index contributed by atoms with van der Waals surface area (Å²) in [5, 5.41) is 12.2. The highest BCUT2D eigenvalue weighted by Crippen LogP contribution is 2.28. The molecule has 0 saturated heterocycles. The van der Waals surface area contributed by atoms with Crippen LogP contribution in [0, 0.1) is 5.82 Å². The molecular weight excluding hydrogens is 439 g/mol. The van der Waals surface area contributed by atoms with Crippen LogP contribution in [0.5, 0.6) is 5.75 Å². The number of carbonyl (C=O) groups excluding carboxylic acids is 1. The predicted molar refractivity (Wildman–Crippen MR) is 129 cm³/mol. The van der Waals surface area contributed by atoms with E-state index >= 15 is 0 Å². The second kappa shape index (κ2) is 11.3. The van der Waals surface area contributed by atoms with Crippen LogP contribution in [0.1, 0.15) is 69.6 Å². The van der Waals surface area contributed by atoms with Gasteiger partial charge in [0, 0.05) is 12.6 Å². The average molecular weight is 471 g/mol. The number of hydrogen-bond acceptors (Lipinski definition) is 5. The molecule has 0 aliphatic rings. The molecule has 6 nitrogen and oxygen atoms in total. The average Bonchev–Trinajstić information content (AvgIpc) is 3.22. The summed E-state index contributed by atoms with van der Waals surface area (Å²) in [5.41, 5.74) is 2.10. The van der Waals surface area contributed by atoms with Gasteiger partial charge in [-0.25, -0.2) is 4.39 Å². The van der Waals surface area contributed by atoms with Crippen molar-refractivity contribution < 1.29 is 13.9 Å². The molecule has 0 radical (unpaired) electrons. The minimum Gasteiger partial charge on any atom is -0.483 e. The van der Waals surface area contributed by atoms with Gasteiger partial charge < -0.3 is 14.6 Å². The SMILES string of the molecule is CC(C)c1ccc(OC(C)c2nnc(SCC(=O)NCc3ccc(F)cc3)n2C(C)C)cc1. The van der Waals surface area contributed by atoms with Crippen molar-refractivity contribution in [3.05, 3.63) is 71.3 Å². The fraction of sp³-hybridized carbons (Fsp3) is 0.400. The standard InChI is InChI=1S/C25H31FN4O2S/c1-16(2)20-8-12-22(13-9-20)32-18(5)24-28-29-25(30(24)17(3)4)33-15-23(31)27-14-19-6-10-21(26)11-7-19/h6-13,16-18H,14-15H2,1-5H3,(H,27,31). The zero-order valence-electron chi connectivity index (χ0n) is 19.7. The third-order valence-corrected chi connectivity index (χ3v) is 6.11. The summed E-state index contributed by atoms with van der Waals surface area (Å²) >= 11 is 1.33. The van der Waals surface area contributed by atoms with Crippen LogP contribution in [0.2, 0.25) is 0 Å². The van der Waals surface area contributed by atoms with E-state index in [0.29, 0.717) is 23.4 Å². The van der Waals surface area contributed by atoms with Gasteiger partial charge in [0.2, 0.25) is 5.91 Å². The lowest BCUT2D eigenvalue weighted by molar-refractivity contribution is -0.118. The fourth-order valence-corrected chi connectivity index (χ4v) is 4.23. The van der Waals surface area contributed by atoms with Gasteiger partial charge >= 0.3 is 0 Å². The van der Waals surface area contributed by atoms with Crippen molar-refractivity contribution in [2.45, 2.75) is 64.4 Å². The Kier molecular flexibility index (Phi) is 8.49. The summed E-state index contributed by atoms with van der Waals surface area (Å²) in [6, 6.07) is 14.3. The molecule has 176 valence electrons. The molecule has 3 aromatic rings. The molecule has 1 heterocycles. The molecule has 8 heteroatoms. The van der Waals surface area contributed by atoms with Crippen molar-refractivity contribution in [1.82, 2.24) is 20.1 Å². The maximum absolute atomic E-state index is 13.0. The molecule has 3 rings (SSSR count). The van der Waals surface area contributed by atoms with E-state index in [9.17, 15) is 9.18 Å². The Balaban J connectivity index is 1.61. The predicted octanol–water partition coefficient (Wildman–Crippen LogP) is 5.67. The summed E-state index contributed by atoms with van der Waals surface area (Å²) in [6.07, 6.45) is -0.300. The number of benzene rings is 2. The van der Waals surface area contributed by atoms with Gasteiger partial charge in [0.25, 0.3) is 0 Å². The molecule has 0 fully saturated rings. The number of thioether (sulfide) groups is 1. The summed E-state index contributed by atoms with van der Waals surface area (Å²) in [7, 11) is 0. The quantitative estimate of drug-likeness (QED) is 0.387. The normalized spacial score (nSPS) is 12.2. The second-order valence-electron chi connectivity index (χ2n) is 8.48. The molecule has 1 amide bonds. The molecule has 0 aliphatic carbocycles. The number of hydrogen-bond donors (Lipinski definition) is 1. The Morgan fingerprint density at radius 3 is 2.30 bits per heavy atom. The highest BCUT2D eigenvalue weighted by molar-refractivity contribution is 7.99. The lowest BCUT2D eigenvalue weighted by Gasteiger charge is -2.19. The van der Waals surface area contributed by atoms with E-state index in [-0.39, 0.29) is 29.6 Å². The van der Waals surface area contributed by atoms with E-state index in [1.54, 1.807) is 12.1 Å². The van der Waals surface area contributed by atoms with Gasteiger partial charge in [-0.1, -0.05) is 49.9 Å². The van der Waals surface area contributed by atoms with Crippen molar-refractivity contribution in [1.29, 1.82) is 0 Å². The Labute approximate surface area is 199 Å². The number of carbonyl (C=O) groups is 1. The van der Waals surface area contributed by atoms with Crippen LogP contribution in [0.4, 0.5) is 4.39 Å². The molecule has 2 aromatic carbocycles. The number of ether oxygens (including phenoxy) is 1. The Morgan fingerprint density at radius 1 is 1.03 bits per heavy atom. The number of rotatable bonds is 10. The first kappa shape index (κ1) is 24.8. The van der Waals surface area contributed by atoms with Gasteiger partial charge in [0.05, 0.1) is 5.75 Å². The van der Waals surface area contributed by atoms with E-state index in [1.165, 1.54) is 29.5 Å². The lowest BCUT2D eigenvalue weighted by Crippen LogP contribution is -2.24. The van der Waals surface area contributed by atoms with E-state index in [0.717, 1.165) is 11.3 Å². The summed E-state index contributed by atoms with van der Waals surface area (Å²) in [4.78, 5) is 12.3. The Bertz CT molecular complexity index is 1050. The molecule has 33 heavy (non-hydrogen) atoms. The van der Waals surface area contributed by atoms with Crippen molar-refractivity contribution in [2.24, 2.45) is 0 Å². The van der Waals surface area contributed by atoms with Crippen LogP contribution in [0.3, 0.4) is 0 Å². The van der Waals surface area contributed by atoms with E-state index < -0.39 is 0 Å². The van der Waals surface area contributed by atoms with Crippen LogP contribution in [0.15, 0.2) is 53.7 Å². The van der Waals surface area contributed by atoms with Crippen LogP contribution in [-0.4, -0.2) is 26.4 Å². The summed E-state index contributed by atoms with van der Waals surface area (Å²) in [6.45, 7) is 10.7. The van der Waals surface area contributed by atoms with Crippen LogP contribution < -0.4 is 10.1 Å². The third-order valence-electron chi connectivity index (χ3n) is 5.17. The summed E-state index contributed by atoms with van der Waals surface area (Å²) < 4.78 is 21.1. The Morgan fingerprint density at radius 2 is 1.70 bits per heavy atom.